The van der Waals surface area contributed by atoms with E-state index in [1.54, 1.807) is 19.1 Å². The first-order valence-electron chi connectivity index (χ1n) is 5.34. The van der Waals surface area contributed by atoms with E-state index < -0.39 is 5.97 Å². The van der Waals surface area contributed by atoms with Gasteiger partial charge in [-0.2, -0.15) is 0 Å². The molecule has 0 radical (unpaired) electrons. The highest BCUT2D eigenvalue weighted by Crippen LogP contribution is 2.26. The Morgan fingerprint density at radius 1 is 1.39 bits per heavy atom. The highest BCUT2D eigenvalue weighted by atomic mass is 32.2. The summed E-state index contributed by atoms with van der Waals surface area (Å²) in [6.45, 7) is 2.11. The minimum absolute atomic E-state index is 0.190. The molecule has 2 N–H and O–H groups in total. The molecule has 0 saturated heterocycles. The zero-order chi connectivity index (χ0) is 13.5. The first-order chi connectivity index (χ1) is 8.58. The second kappa shape index (κ2) is 6.90. The number of thioether (sulfide) groups is 1. The molecule has 0 amide bonds. The first kappa shape index (κ1) is 14.4. The minimum Gasteiger partial charge on any atom is -0.465 e. The van der Waals surface area contributed by atoms with E-state index >= 15 is 0 Å². The van der Waals surface area contributed by atoms with E-state index in [-0.39, 0.29) is 11.7 Å². The molecule has 0 aromatic heterocycles. The molecule has 0 spiro atoms. The minimum atomic E-state index is -0.441. The van der Waals surface area contributed by atoms with Crippen LogP contribution in [-0.4, -0.2) is 31.4 Å². The molecular formula is C12H15NO4S. The van der Waals surface area contributed by atoms with Crippen molar-refractivity contribution >= 4 is 29.4 Å². The predicted octanol–water partition coefficient (Wildman–Crippen LogP) is 1.71. The van der Waals surface area contributed by atoms with Crippen molar-refractivity contribution < 1.29 is 19.1 Å². The van der Waals surface area contributed by atoms with Crippen molar-refractivity contribution in [2.45, 2.75) is 11.8 Å². The number of ether oxygens (including phenoxy) is 2. The van der Waals surface area contributed by atoms with Gasteiger partial charge in [0.1, 0.15) is 0 Å². The van der Waals surface area contributed by atoms with E-state index in [1.807, 2.05) is 0 Å². The number of hydrogen-bond donors (Lipinski definition) is 1. The average Bonchev–Trinajstić information content (AvgIpc) is 2.36. The van der Waals surface area contributed by atoms with Gasteiger partial charge < -0.3 is 15.2 Å². The van der Waals surface area contributed by atoms with Crippen LogP contribution in [0.1, 0.15) is 17.3 Å². The van der Waals surface area contributed by atoms with Crippen LogP contribution in [0.4, 0.5) is 5.69 Å². The predicted molar refractivity (Wildman–Crippen MR) is 69.6 cm³/mol. The van der Waals surface area contributed by atoms with E-state index in [9.17, 15) is 9.59 Å². The lowest BCUT2D eigenvalue weighted by Crippen LogP contribution is -2.07. The number of nitrogen functional groups attached to an aromatic ring is 1. The summed E-state index contributed by atoms with van der Waals surface area (Å²) in [5.74, 6) is -0.544. The van der Waals surface area contributed by atoms with E-state index in [0.29, 0.717) is 17.9 Å². The Hall–Kier alpha value is -1.69. The summed E-state index contributed by atoms with van der Waals surface area (Å²) in [6.07, 6.45) is 0. The summed E-state index contributed by atoms with van der Waals surface area (Å²) >= 11 is 1.27. The molecule has 0 fully saturated rings. The molecule has 5 nitrogen and oxygen atoms in total. The van der Waals surface area contributed by atoms with Gasteiger partial charge in [0, 0.05) is 10.6 Å². The molecule has 1 rings (SSSR count). The third-order valence-corrected chi connectivity index (χ3v) is 3.14. The maximum Gasteiger partial charge on any atom is 0.337 e. The number of carbonyl (C=O) groups excluding carboxylic acids is 2. The van der Waals surface area contributed by atoms with Crippen molar-refractivity contribution in [3.8, 4) is 0 Å². The number of carbonyl (C=O) groups is 2. The van der Waals surface area contributed by atoms with Crippen molar-refractivity contribution in [2.75, 3.05) is 25.2 Å². The largest absolute Gasteiger partial charge is 0.465 e. The quantitative estimate of drug-likeness (QED) is 0.498. The lowest BCUT2D eigenvalue weighted by Gasteiger charge is -2.07. The molecule has 0 bridgehead atoms. The van der Waals surface area contributed by atoms with Gasteiger partial charge in [0.05, 0.1) is 25.0 Å². The SMILES string of the molecule is CCOC(=O)CSc1ccc(C(=O)OC)cc1N. The van der Waals surface area contributed by atoms with Crippen molar-refractivity contribution in [3.63, 3.8) is 0 Å². The van der Waals surface area contributed by atoms with E-state index in [4.69, 9.17) is 10.5 Å². The number of esters is 2. The van der Waals surface area contributed by atoms with Gasteiger partial charge in [-0.15, -0.1) is 11.8 Å². The zero-order valence-corrected chi connectivity index (χ0v) is 11.1. The lowest BCUT2D eigenvalue weighted by atomic mass is 10.2. The molecular weight excluding hydrogens is 254 g/mol. The summed E-state index contributed by atoms with van der Waals surface area (Å²) in [5, 5.41) is 0. The standard InChI is InChI=1S/C12H15NO4S/c1-3-17-11(14)7-18-10-5-4-8(6-9(10)13)12(15)16-2/h4-6H,3,7,13H2,1-2H3. The molecule has 0 aliphatic carbocycles. The monoisotopic (exact) mass is 269 g/mol. The smallest absolute Gasteiger partial charge is 0.337 e. The summed E-state index contributed by atoms with van der Waals surface area (Å²) in [7, 11) is 1.31. The van der Waals surface area contributed by atoms with Crippen LogP contribution in [0, 0.1) is 0 Å². The van der Waals surface area contributed by atoms with Crippen LogP contribution in [0.5, 0.6) is 0 Å². The van der Waals surface area contributed by atoms with Crippen LogP contribution in [0.3, 0.4) is 0 Å². The van der Waals surface area contributed by atoms with Gasteiger partial charge in [0.25, 0.3) is 0 Å². The molecule has 0 aliphatic rings. The van der Waals surface area contributed by atoms with Crippen LogP contribution in [0.15, 0.2) is 23.1 Å². The van der Waals surface area contributed by atoms with Crippen LogP contribution < -0.4 is 5.73 Å². The van der Waals surface area contributed by atoms with Crippen molar-refractivity contribution in [3.05, 3.63) is 23.8 Å². The Labute approximate surface area is 110 Å². The van der Waals surface area contributed by atoms with Gasteiger partial charge in [-0.05, 0) is 25.1 Å². The van der Waals surface area contributed by atoms with Crippen LogP contribution in [0.25, 0.3) is 0 Å². The Kier molecular flexibility index (Phi) is 5.51. The molecule has 0 heterocycles. The van der Waals surface area contributed by atoms with Gasteiger partial charge in [0.15, 0.2) is 0 Å². The third kappa shape index (κ3) is 3.96. The molecule has 6 heteroatoms. The van der Waals surface area contributed by atoms with Gasteiger partial charge in [-0.25, -0.2) is 4.79 Å². The van der Waals surface area contributed by atoms with Crippen LogP contribution in [0.2, 0.25) is 0 Å². The number of anilines is 1. The number of hydrogen-bond acceptors (Lipinski definition) is 6. The van der Waals surface area contributed by atoms with Crippen LogP contribution >= 0.6 is 11.8 Å². The first-order valence-corrected chi connectivity index (χ1v) is 6.33. The van der Waals surface area contributed by atoms with Crippen molar-refractivity contribution in [2.24, 2.45) is 0 Å². The molecule has 0 atom stereocenters. The van der Waals surface area contributed by atoms with Crippen LogP contribution in [-0.2, 0) is 14.3 Å². The molecule has 0 saturated carbocycles. The Morgan fingerprint density at radius 3 is 2.67 bits per heavy atom. The second-order valence-corrected chi connectivity index (χ2v) is 4.36. The lowest BCUT2D eigenvalue weighted by molar-refractivity contribution is -0.139. The fraction of sp³-hybridized carbons (Fsp3) is 0.333. The molecule has 1 aromatic carbocycles. The highest BCUT2D eigenvalue weighted by Gasteiger charge is 2.10. The maximum atomic E-state index is 11.3. The Balaban J connectivity index is 2.68. The topological polar surface area (TPSA) is 78.6 Å². The number of methoxy groups -OCH3 is 1. The molecule has 98 valence electrons. The van der Waals surface area contributed by atoms with E-state index in [0.717, 1.165) is 4.90 Å². The fourth-order valence-corrected chi connectivity index (χ4v) is 2.01. The molecule has 0 aliphatic heterocycles. The molecule has 18 heavy (non-hydrogen) atoms. The molecule has 1 aromatic rings. The van der Waals surface area contributed by atoms with Crippen molar-refractivity contribution in [1.82, 2.24) is 0 Å². The van der Waals surface area contributed by atoms with E-state index in [1.165, 1.54) is 24.9 Å². The second-order valence-electron chi connectivity index (χ2n) is 3.34. The Morgan fingerprint density at radius 2 is 2.11 bits per heavy atom. The third-order valence-electron chi connectivity index (χ3n) is 2.08. The maximum absolute atomic E-state index is 11.3. The Bertz CT molecular complexity index is 448. The van der Waals surface area contributed by atoms with Gasteiger partial charge in [0.2, 0.25) is 0 Å². The number of nitrogens with two attached hydrogens (primary N) is 1. The zero-order valence-electron chi connectivity index (χ0n) is 10.3. The fourth-order valence-electron chi connectivity index (χ4n) is 1.26. The normalized spacial score (nSPS) is 9.89. The number of rotatable bonds is 5. The number of benzene rings is 1. The summed E-state index contributed by atoms with van der Waals surface area (Å²) < 4.78 is 9.39. The van der Waals surface area contributed by atoms with Gasteiger partial charge in [-0.3, -0.25) is 4.79 Å². The average molecular weight is 269 g/mol. The summed E-state index contributed by atoms with van der Waals surface area (Å²) in [4.78, 5) is 23.2. The summed E-state index contributed by atoms with van der Waals surface area (Å²) in [5.41, 5.74) is 6.62. The van der Waals surface area contributed by atoms with Gasteiger partial charge in [-0.1, -0.05) is 0 Å². The summed E-state index contributed by atoms with van der Waals surface area (Å²) in [6, 6.07) is 4.82. The highest BCUT2D eigenvalue weighted by molar-refractivity contribution is 8.00. The van der Waals surface area contributed by atoms with Gasteiger partial charge >= 0.3 is 11.9 Å². The molecule has 0 unspecified atom stereocenters. The van der Waals surface area contributed by atoms with E-state index in [2.05, 4.69) is 4.74 Å². The van der Waals surface area contributed by atoms with Crippen molar-refractivity contribution in [1.29, 1.82) is 0 Å².